The molecule has 6 nitrogen and oxygen atoms in total. The van der Waals surface area contributed by atoms with Crippen LogP contribution in [-0.2, 0) is 6.54 Å². The van der Waals surface area contributed by atoms with Crippen LogP contribution in [0.25, 0.3) is 11.5 Å². The smallest absolute Gasteiger partial charge is 0.261 e. The molecule has 1 aliphatic rings. The van der Waals surface area contributed by atoms with E-state index in [1.165, 1.54) is 12.8 Å². The Morgan fingerprint density at radius 2 is 2.47 bits per heavy atom. The van der Waals surface area contributed by atoms with E-state index in [1.54, 1.807) is 12.4 Å². The Morgan fingerprint density at radius 1 is 1.53 bits per heavy atom. The summed E-state index contributed by atoms with van der Waals surface area (Å²) in [6.07, 6.45) is 5.90. The van der Waals surface area contributed by atoms with Crippen molar-refractivity contribution in [1.82, 2.24) is 25.7 Å². The summed E-state index contributed by atoms with van der Waals surface area (Å²) in [5.74, 6) is 1.20. The van der Waals surface area contributed by atoms with E-state index in [4.69, 9.17) is 4.52 Å². The highest BCUT2D eigenvalue weighted by atomic mass is 16.5. The van der Waals surface area contributed by atoms with Crippen molar-refractivity contribution in [1.29, 1.82) is 0 Å². The van der Waals surface area contributed by atoms with Gasteiger partial charge in [-0.25, -0.2) is 0 Å². The molecule has 1 fully saturated rings. The Bertz CT molecular complexity index is 431. The lowest BCUT2D eigenvalue weighted by molar-refractivity contribution is 0.419. The van der Waals surface area contributed by atoms with Gasteiger partial charge in [0.1, 0.15) is 0 Å². The fourth-order valence-electron chi connectivity index (χ4n) is 1.33. The quantitative estimate of drug-likeness (QED) is 0.768. The number of aromatic amines is 1. The maximum atomic E-state index is 5.10. The van der Waals surface area contributed by atoms with E-state index in [2.05, 4.69) is 25.7 Å². The van der Waals surface area contributed by atoms with E-state index in [0.29, 0.717) is 24.3 Å². The minimum atomic E-state index is 0.511. The van der Waals surface area contributed by atoms with Crippen molar-refractivity contribution >= 4 is 0 Å². The molecule has 0 saturated heterocycles. The first kappa shape index (κ1) is 8.60. The zero-order valence-electron chi connectivity index (χ0n) is 8.10. The summed E-state index contributed by atoms with van der Waals surface area (Å²) in [5.41, 5.74) is 0.820. The van der Waals surface area contributed by atoms with Gasteiger partial charge in [-0.05, 0) is 12.8 Å². The lowest BCUT2D eigenvalue weighted by atomic mass is 10.4. The average Bonchev–Trinajstić information content (AvgIpc) is 2.78. The van der Waals surface area contributed by atoms with Gasteiger partial charge in [0.25, 0.3) is 5.89 Å². The molecule has 6 heteroatoms. The zero-order valence-corrected chi connectivity index (χ0v) is 8.10. The molecule has 1 saturated carbocycles. The molecule has 0 bridgehead atoms. The molecule has 0 atom stereocenters. The minimum Gasteiger partial charge on any atom is -0.334 e. The van der Waals surface area contributed by atoms with Gasteiger partial charge in [-0.3, -0.25) is 5.10 Å². The molecule has 0 aromatic carbocycles. The van der Waals surface area contributed by atoms with E-state index in [1.807, 2.05) is 0 Å². The van der Waals surface area contributed by atoms with E-state index in [0.717, 1.165) is 5.56 Å². The van der Waals surface area contributed by atoms with E-state index < -0.39 is 0 Å². The Labute approximate surface area is 86.1 Å². The predicted molar refractivity (Wildman–Crippen MR) is 51.7 cm³/mol. The molecule has 0 amide bonds. The van der Waals surface area contributed by atoms with Gasteiger partial charge in [0.05, 0.1) is 18.3 Å². The van der Waals surface area contributed by atoms with Gasteiger partial charge < -0.3 is 9.84 Å². The third kappa shape index (κ3) is 1.89. The third-order valence-corrected chi connectivity index (χ3v) is 2.34. The number of aromatic nitrogens is 4. The fourth-order valence-corrected chi connectivity index (χ4v) is 1.33. The van der Waals surface area contributed by atoms with Gasteiger partial charge in [0.2, 0.25) is 0 Å². The summed E-state index contributed by atoms with van der Waals surface area (Å²) in [6, 6.07) is 0.654. The van der Waals surface area contributed by atoms with Crippen LogP contribution in [0.3, 0.4) is 0 Å². The number of hydrogen-bond donors (Lipinski definition) is 2. The number of hydrogen-bond acceptors (Lipinski definition) is 5. The minimum absolute atomic E-state index is 0.511. The van der Waals surface area contributed by atoms with Crippen LogP contribution in [0.2, 0.25) is 0 Å². The molecule has 3 rings (SSSR count). The zero-order chi connectivity index (χ0) is 10.1. The summed E-state index contributed by atoms with van der Waals surface area (Å²) in [4.78, 5) is 4.25. The lowest BCUT2D eigenvalue weighted by Crippen LogP contribution is -2.16. The monoisotopic (exact) mass is 205 g/mol. The van der Waals surface area contributed by atoms with E-state index in [-0.39, 0.29) is 0 Å². The molecule has 2 heterocycles. The first-order valence-corrected chi connectivity index (χ1v) is 4.97. The second-order valence-corrected chi connectivity index (χ2v) is 3.66. The van der Waals surface area contributed by atoms with Crippen LogP contribution >= 0.6 is 0 Å². The van der Waals surface area contributed by atoms with Crippen molar-refractivity contribution in [2.24, 2.45) is 0 Å². The molecule has 0 spiro atoms. The second-order valence-electron chi connectivity index (χ2n) is 3.66. The highest BCUT2D eigenvalue weighted by molar-refractivity contribution is 5.48. The van der Waals surface area contributed by atoms with Crippen LogP contribution in [0, 0.1) is 0 Å². The third-order valence-electron chi connectivity index (χ3n) is 2.34. The largest absolute Gasteiger partial charge is 0.334 e. The van der Waals surface area contributed by atoms with Crippen LogP contribution in [-0.4, -0.2) is 26.4 Å². The Kier molecular flexibility index (Phi) is 1.99. The van der Waals surface area contributed by atoms with Gasteiger partial charge in [-0.2, -0.15) is 10.1 Å². The van der Waals surface area contributed by atoms with Crippen LogP contribution in [0.4, 0.5) is 0 Å². The highest BCUT2D eigenvalue weighted by Gasteiger charge is 2.21. The Balaban J connectivity index is 1.69. The highest BCUT2D eigenvalue weighted by Crippen LogP contribution is 2.19. The summed E-state index contributed by atoms with van der Waals surface area (Å²) in [6.45, 7) is 0.673. The standard InChI is InChI=1S/C9H11N5O/c1-2-7(1)10-5-8-13-9(15-14-8)6-3-11-12-4-6/h3-4,7,10H,1-2,5H2,(H,11,12). The van der Waals surface area contributed by atoms with Crippen molar-refractivity contribution < 1.29 is 4.52 Å². The van der Waals surface area contributed by atoms with Gasteiger partial charge in [-0.15, -0.1) is 0 Å². The number of rotatable bonds is 4. The molecule has 0 aliphatic heterocycles. The number of nitrogens with one attached hydrogen (secondary N) is 2. The Hall–Kier alpha value is -1.69. The van der Waals surface area contributed by atoms with Crippen LogP contribution in [0.15, 0.2) is 16.9 Å². The summed E-state index contributed by atoms with van der Waals surface area (Å²) < 4.78 is 5.10. The number of H-pyrrole nitrogens is 1. The first-order chi connectivity index (χ1) is 7.42. The van der Waals surface area contributed by atoms with Crippen LogP contribution in [0.5, 0.6) is 0 Å². The van der Waals surface area contributed by atoms with Crippen molar-refractivity contribution in [3.8, 4) is 11.5 Å². The molecule has 2 N–H and O–H groups in total. The molecular formula is C9H11N5O. The fraction of sp³-hybridized carbons (Fsp3) is 0.444. The van der Waals surface area contributed by atoms with Crippen LogP contribution in [0.1, 0.15) is 18.7 Å². The molecule has 78 valence electrons. The molecule has 15 heavy (non-hydrogen) atoms. The van der Waals surface area contributed by atoms with E-state index in [9.17, 15) is 0 Å². The van der Waals surface area contributed by atoms with Gasteiger partial charge >= 0.3 is 0 Å². The molecular weight excluding hydrogens is 194 g/mol. The van der Waals surface area contributed by atoms with E-state index >= 15 is 0 Å². The van der Waals surface area contributed by atoms with Gasteiger partial charge in [0.15, 0.2) is 5.82 Å². The van der Waals surface area contributed by atoms with Crippen molar-refractivity contribution in [2.45, 2.75) is 25.4 Å². The summed E-state index contributed by atoms with van der Waals surface area (Å²) >= 11 is 0. The molecule has 2 aromatic rings. The van der Waals surface area contributed by atoms with Crippen LogP contribution < -0.4 is 5.32 Å². The lowest BCUT2D eigenvalue weighted by Gasteiger charge is -1.94. The maximum Gasteiger partial charge on any atom is 0.261 e. The topological polar surface area (TPSA) is 79.6 Å². The average molecular weight is 205 g/mol. The first-order valence-electron chi connectivity index (χ1n) is 4.97. The maximum absolute atomic E-state index is 5.10. The van der Waals surface area contributed by atoms with Crippen molar-refractivity contribution in [3.63, 3.8) is 0 Å². The molecule has 0 radical (unpaired) electrons. The van der Waals surface area contributed by atoms with Crippen molar-refractivity contribution in [3.05, 3.63) is 18.2 Å². The summed E-state index contributed by atoms with van der Waals surface area (Å²) in [5, 5.41) is 13.7. The second kappa shape index (κ2) is 3.47. The number of nitrogens with zero attached hydrogens (tertiary/aromatic N) is 3. The van der Waals surface area contributed by atoms with Gasteiger partial charge in [0, 0.05) is 12.2 Å². The normalized spacial score (nSPS) is 15.7. The SMILES string of the molecule is c1n[nH]cc1-c1nc(CNC2CC2)no1. The summed E-state index contributed by atoms with van der Waals surface area (Å²) in [7, 11) is 0. The van der Waals surface area contributed by atoms with Crippen molar-refractivity contribution in [2.75, 3.05) is 0 Å². The Morgan fingerprint density at radius 3 is 3.20 bits per heavy atom. The molecule has 1 aliphatic carbocycles. The predicted octanol–water partition coefficient (Wildman–Crippen LogP) is 0.712. The molecule has 2 aromatic heterocycles. The molecule has 0 unspecified atom stereocenters. The van der Waals surface area contributed by atoms with Gasteiger partial charge in [-0.1, -0.05) is 5.16 Å².